The molecule has 0 aromatic carbocycles. The summed E-state index contributed by atoms with van der Waals surface area (Å²) in [6.07, 6.45) is 12.2. The molecule has 0 radical (unpaired) electrons. The van der Waals surface area contributed by atoms with Crippen molar-refractivity contribution in [2.45, 2.75) is 25.7 Å². The van der Waals surface area contributed by atoms with E-state index in [1.165, 1.54) is 31.2 Å². The molecule has 3 aliphatic carbocycles. The van der Waals surface area contributed by atoms with Gasteiger partial charge in [0.15, 0.2) is 0 Å². The molecule has 1 heterocycles. The minimum atomic E-state index is 0.727. The van der Waals surface area contributed by atoms with E-state index in [0.717, 1.165) is 17.3 Å². The Morgan fingerprint density at radius 2 is 2.20 bits per heavy atom. The van der Waals surface area contributed by atoms with E-state index in [9.17, 15) is 0 Å². The first-order valence-electron chi connectivity index (χ1n) is 6.02. The number of aromatic nitrogens is 1. The first-order chi connectivity index (χ1) is 7.40. The van der Waals surface area contributed by atoms with Crippen LogP contribution in [-0.2, 0) is 0 Å². The van der Waals surface area contributed by atoms with Crippen LogP contribution in [0.2, 0.25) is 0 Å². The molecule has 4 rings (SSSR count). The summed E-state index contributed by atoms with van der Waals surface area (Å²) in [5.74, 6) is 1.78. The number of hydrogen-bond donors (Lipinski definition) is 0. The molecule has 0 amide bonds. The number of allylic oxidation sites excluding steroid dienone is 2. The molecular weight excluding hydrogens is 182 g/mol. The van der Waals surface area contributed by atoms with E-state index >= 15 is 0 Å². The van der Waals surface area contributed by atoms with Gasteiger partial charge in [0.25, 0.3) is 0 Å². The van der Waals surface area contributed by atoms with Crippen molar-refractivity contribution in [2.75, 3.05) is 0 Å². The monoisotopic (exact) mass is 197 g/mol. The van der Waals surface area contributed by atoms with Crippen molar-refractivity contribution in [3.8, 4) is 0 Å². The minimum absolute atomic E-state index is 0.727. The lowest BCUT2D eigenvalue weighted by Gasteiger charge is -2.57. The summed E-state index contributed by atoms with van der Waals surface area (Å²) in [6.45, 7) is 0. The molecule has 2 saturated carbocycles. The van der Waals surface area contributed by atoms with E-state index in [4.69, 9.17) is 0 Å². The van der Waals surface area contributed by atoms with Gasteiger partial charge in [0.2, 0.25) is 0 Å². The highest BCUT2D eigenvalue weighted by atomic mass is 14.7. The van der Waals surface area contributed by atoms with Crippen molar-refractivity contribution in [3.63, 3.8) is 0 Å². The van der Waals surface area contributed by atoms with Crippen LogP contribution in [-0.4, -0.2) is 4.98 Å². The van der Waals surface area contributed by atoms with Crippen LogP contribution >= 0.6 is 0 Å². The maximum atomic E-state index is 4.24. The second kappa shape index (κ2) is 2.52. The Balaban J connectivity index is 1.77. The van der Waals surface area contributed by atoms with Crippen LogP contribution in [0.1, 0.15) is 31.2 Å². The summed E-state index contributed by atoms with van der Waals surface area (Å²) in [4.78, 5) is 4.24. The second-order valence-electron chi connectivity index (χ2n) is 5.33. The maximum Gasteiger partial charge on any atom is 0.0343 e. The van der Waals surface area contributed by atoms with E-state index in [-0.39, 0.29) is 0 Å². The number of rotatable bonds is 1. The van der Waals surface area contributed by atoms with Gasteiger partial charge in [0.05, 0.1) is 0 Å². The highest BCUT2D eigenvalue weighted by molar-refractivity contribution is 5.72. The quantitative estimate of drug-likeness (QED) is 0.673. The third-order valence-electron chi connectivity index (χ3n) is 5.00. The molecule has 3 aliphatic rings. The van der Waals surface area contributed by atoms with Crippen LogP contribution < -0.4 is 0 Å². The maximum absolute atomic E-state index is 4.24. The third kappa shape index (κ3) is 0.831. The number of pyridine rings is 1. The lowest BCUT2D eigenvalue weighted by Crippen LogP contribution is -2.48. The lowest BCUT2D eigenvalue weighted by atomic mass is 9.47. The van der Waals surface area contributed by atoms with Crippen LogP contribution in [0.3, 0.4) is 0 Å². The summed E-state index contributed by atoms with van der Waals surface area (Å²) in [6, 6.07) is 4.28. The first kappa shape index (κ1) is 8.09. The predicted octanol–water partition coefficient (Wildman–Crippen LogP) is 3.29. The average molecular weight is 197 g/mol. The molecule has 3 unspecified atom stereocenters. The van der Waals surface area contributed by atoms with E-state index < -0.39 is 0 Å². The van der Waals surface area contributed by atoms with Crippen molar-refractivity contribution in [2.24, 2.45) is 17.3 Å². The van der Waals surface area contributed by atoms with Gasteiger partial charge in [-0.05, 0) is 60.1 Å². The topological polar surface area (TPSA) is 12.9 Å². The van der Waals surface area contributed by atoms with Crippen LogP contribution in [0.25, 0.3) is 5.57 Å². The molecule has 0 N–H and O–H groups in total. The zero-order chi connectivity index (χ0) is 9.88. The lowest BCUT2D eigenvalue weighted by molar-refractivity contribution is -0.0468. The highest BCUT2D eigenvalue weighted by Crippen LogP contribution is 2.71. The average Bonchev–Trinajstić information content (AvgIpc) is 2.35. The summed E-state index contributed by atoms with van der Waals surface area (Å²) in [5.41, 5.74) is 3.71. The van der Waals surface area contributed by atoms with Gasteiger partial charge in [-0.1, -0.05) is 12.1 Å². The second-order valence-corrected chi connectivity index (χ2v) is 5.33. The molecular formula is C14H15N. The van der Waals surface area contributed by atoms with Crippen LogP contribution in [0.15, 0.2) is 30.6 Å². The van der Waals surface area contributed by atoms with Crippen LogP contribution in [0, 0.1) is 17.3 Å². The van der Waals surface area contributed by atoms with Gasteiger partial charge >= 0.3 is 0 Å². The zero-order valence-corrected chi connectivity index (χ0v) is 8.82. The fraction of sp³-hybridized carbons (Fsp3) is 0.500. The van der Waals surface area contributed by atoms with Gasteiger partial charge in [-0.25, -0.2) is 0 Å². The van der Waals surface area contributed by atoms with E-state index in [0.29, 0.717) is 0 Å². The zero-order valence-electron chi connectivity index (χ0n) is 8.82. The smallest absolute Gasteiger partial charge is 0.0343 e. The molecule has 1 nitrogen and oxygen atoms in total. The fourth-order valence-electron chi connectivity index (χ4n) is 3.96. The molecule has 76 valence electrons. The Bertz CT molecular complexity index is 430. The van der Waals surface area contributed by atoms with Gasteiger partial charge < -0.3 is 0 Å². The Kier molecular flexibility index (Phi) is 1.36. The third-order valence-corrected chi connectivity index (χ3v) is 5.00. The predicted molar refractivity (Wildman–Crippen MR) is 60.1 cm³/mol. The number of nitrogens with zero attached hydrogens (tertiary/aromatic N) is 1. The molecule has 2 fully saturated rings. The Hall–Kier alpha value is -1.11. The largest absolute Gasteiger partial charge is 0.264 e. The van der Waals surface area contributed by atoms with Crippen LogP contribution in [0.5, 0.6) is 0 Å². The molecule has 1 aromatic heterocycles. The van der Waals surface area contributed by atoms with Gasteiger partial charge in [0.1, 0.15) is 0 Å². The number of hydrogen-bond acceptors (Lipinski definition) is 1. The van der Waals surface area contributed by atoms with Gasteiger partial charge in [-0.15, -0.1) is 0 Å². The van der Waals surface area contributed by atoms with Gasteiger partial charge in [-0.3, -0.25) is 4.98 Å². The molecule has 15 heavy (non-hydrogen) atoms. The molecule has 1 aromatic rings. The fourth-order valence-corrected chi connectivity index (χ4v) is 3.96. The summed E-state index contributed by atoms with van der Waals surface area (Å²) >= 11 is 0. The molecule has 0 bridgehead atoms. The minimum Gasteiger partial charge on any atom is -0.264 e. The summed E-state index contributed by atoms with van der Waals surface area (Å²) in [7, 11) is 0. The molecule has 1 spiro atoms. The Morgan fingerprint density at radius 3 is 2.73 bits per heavy atom. The normalized spacial score (nSPS) is 40.9. The van der Waals surface area contributed by atoms with Crippen molar-refractivity contribution in [3.05, 3.63) is 36.2 Å². The summed E-state index contributed by atoms with van der Waals surface area (Å²) in [5, 5.41) is 0. The van der Waals surface area contributed by atoms with Crippen molar-refractivity contribution in [1.29, 1.82) is 0 Å². The van der Waals surface area contributed by atoms with Crippen LogP contribution in [0.4, 0.5) is 0 Å². The van der Waals surface area contributed by atoms with Crippen molar-refractivity contribution in [1.82, 2.24) is 4.98 Å². The first-order valence-corrected chi connectivity index (χ1v) is 6.02. The SMILES string of the molecule is C1=C(c2cccnc2)C2CCC23CCC13. The highest BCUT2D eigenvalue weighted by Gasteiger charge is 2.60. The summed E-state index contributed by atoms with van der Waals surface area (Å²) < 4.78 is 0. The molecule has 3 atom stereocenters. The Labute approximate surface area is 90.2 Å². The van der Waals surface area contributed by atoms with Gasteiger partial charge in [-0.2, -0.15) is 0 Å². The molecule has 0 aliphatic heterocycles. The standard InChI is InChI=1S/C14H15N/c1-2-10(9-15-7-1)12-8-11-3-5-14(11)6-4-13(12)14/h1-2,7-9,11,13H,3-6H2. The van der Waals surface area contributed by atoms with E-state index in [1.54, 1.807) is 5.57 Å². The van der Waals surface area contributed by atoms with Crippen molar-refractivity contribution < 1.29 is 0 Å². The van der Waals surface area contributed by atoms with E-state index in [2.05, 4.69) is 23.2 Å². The van der Waals surface area contributed by atoms with Crippen molar-refractivity contribution >= 4 is 5.57 Å². The van der Waals surface area contributed by atoms with E-state index in [1.807, 2.05) is 12.4 Å². The molecule has 0 saturated heterocycles. The Morgan fingerprint density at radius 1 is 1.27 bits per heavy atom. The van der Waals surface area contributed by atoms with Gasteiger partial charge in [0, 0.05) is 12.4 Å². The molecule has 1 heteroatoms.